The average Bonchev–Trinajstić information content (AvgIpc) is 2.97. The van der Waals surface area contributed by atoms with E-state index in [4.69, 9.17) is 0 Å². The molecular weight excluding hydrogens is 252 g/mol. The van der Waals surface area contributed by atoms with Gasteiger partial charge in [-0.2, -0.15) is 11.8 Å². The fourth-order valence-corrected chi connectivity index (χ4v) is 4.15. The molecule has 2 aliphatic rings. The Morgan fingerprint density at radius 3 is 2.47 bits per heavy atom. The molecule has 1 saturated heterocycles. The van der Waals surface area contributed by atoms with Gasteiger partial charge in [0.15, 0.2) is 0 Å². The first-order valence-corrected chi connectivity index (χ1v) is 9.65. The third kappa shape index (κ3) is 5.28. The van der Waals surface area contributed by atoms with E-state index in [0.29, 0.717) is 6.04 Å². The van der Waals surface area contributed by atoms with Crippen molar-refractivity contribution in [3.63, 3.8) is 0 Å². The molecule has 0 aromatic rings. The number of piperidine rings is 1. The molecule has 0 radical (unpaired) electrons. The predicted octanol–water partition coefficient (Wildman–Crippen LogP) is 3.37. The van der Waals surface area contributed by atoms with Crippen LogP contribution in [-0.4, -0.2) is 48.6 Å². The number of hydrogen-bond acceptors (Lipinski definition) is 3. The fraction of sp³-hybridized carbons (Fsp3) is 1.00. The summed E-state index contributed by atoms with van der Waals surface area (Å²) in [6.45, 7) is 6.30. The maximum absolute atomic E-state index is 3.74. The molecule has 1 atom stereocenters. The molecule has 2 rings (SSSR count). The zero-order valence-corrected chi connectivity index (χ0v) is 13.7. The van der Waals surface area contributed by atoms with Gasteiger partial charge in [0.05, 0.1) is 0 Å². The van der Waals surface area contributed by atoms with Gasteiger partial charge >= 0.3 is 0 Å². The monoisotopic (exact) mass is 284 g/mol. The minimum absolute atomic E-state index is 0.695. The van der Waals surface area contributed by atoms with Crippen LogP contribution in [0.4, 0.5) is 0 Å². The number of rotatable bonds is 7. The Bertz CT molecular complexity index is 233. The molecule has 0 spiro atoms. The Morgan fingerprint density at radius 1 is 1.16 bits per heavy atom. The number of hydrogen-bond donors (Lipinski definition) is 1. The molecule has 2 nitrogen and oxygen atoms in total. The summed E-state index contributed by atoms with van der Waals surface area (Å²) in [5.41, 5.74) is 0. The first kappa shape index (κ1) is 15.7. The Labute approximate surface area is 124 Å². The summed E-state index contributed by atoms with van der Waals surface area (Å²) in [6.07, 6.45) is 12.2. The smallest absolute Gasteiger partial charge is 0.00952 e. The van der Waals surface area contributed by atoms with Gasteiger partial charge in [-0.3, -0.25) is 0 Å². The summed E-state index contributed by atoms with van der Waals surface area (Å²) >= 11 is 1.96. The maximum atomic E-state index is 3.74. The lowest BCUT2D eigenvalue weighted by Crippen LogP contribution is -2.43. The van der Waals surface area contributed by atoms with Gasteiger partial charge in [0, 0.05) is 12.1 Å². The number of nitrogens with zero attached hydrogens (tertiary/aromatic N) is 1. The molecule has 0 aromatic heterocycles. The third-order valence-electron chi connectivity index (χ3n) is 5.00. The first-order valence-electron chi connectivity index (χ1n) is 8.26. The van der Waals surface area contributed by atoms with Crippen LogP contribution in [0.1, 0.15) is 51.9 Å². The second-order valence-electron chi connectivity index (χ2n) is 6.51. The van der Waals surface area contributed by atoms with E-state index in [2.05, 4.69) is 23.4 Å². The van der Waals surface area contributed by atoms with Gasteiger partial charge in [0.25, 0.3) is 0 Å². The average molecular weight is 285 g/mol. The quantitative estimate of drug-likeness (QED) is 0.771. The second kappa shape index (κ2) is 8.53. The van der Waals surface area contributed by atoms with Crippen molar-refractivity contribution in [1.29, 1.82) is 0 Å². The van der Waals surface area contributed by atoms with Crippen LogP contribution >= 0.6 is 11.8 Å². The molecule has 0 bridgehead atoms. The van der Waals surface area contributed by atoms with Crippen LogP contribution in [-0.2, 0) is 0 Å². The first-order chi connectivity index (χ1) is 9.29. The second-order valence-corrected chi connectivity index (χ2v) is 7.49. The maximum Gasteiger partial charge on any atom is 0.00952 e. The summed E-state index contributed by atoms with van der Waals surface area (Å²) in [4.78, 5) is 2.78. The van der Waals surface area contributed by atoms with Gasteiger partial charge in [-0.25, -0.2) is 0 Å². The van der Waals surface area contributed by atoms with Crippen LogP contribution in [0.25, 0.3) is 0 Å². The summed E-state index contributed by atoms with van der Waals surface area (Å²) in [5, 5.41) is 3.74. The molecule has 1 aliphatic carbocycles. The topological polar surface area (TPSA) is 15.3 Å². The molecule has 0 aromatic carbocycles. The molecule has 1 N–H and O–H groups in total. The van der Waals surface area contributed by atoms with Crippen molar-refractivity contribution >= 4 is 11.8 Å². The van der Waals surface area contributed by atoms with Crippen molar-refractivity contribution in [2.24, 2.45) is 5.92 Å². The van der Waals surface area contributed by atoms with Gasteiger partial charge in [-0.05, 0) is 76.6 Å². The van der Waals surface area contributed by atoms with Crippen LogP contribution in [0.15, 0.2) is 0 Å². The van der Waals surface area contributed by atoms with E-state index in [1.807, 2.05) is 11.8 Å². The molecular formula is C16H32N2S. The normalized spacial score (nSPS) is 24.9. The highest BCUT2D eigenvalue weighted by atomic mass is 32.2. The molecule has 1 saturated carbocycles. The summed E-state index contributed by atoms with van der Waals surface area (Å²) in [7, 11) is 0. The molecule has 3 heteroatoms. The molecule has 112 valence electrons. The van der Waals surface area contributed by atoms with Crippen molar-refractivity contribution < 1.29 is 0 Å². The lowest BCUT2D eigenvalue weighted by atomic mass is 9.95. The van der Waals surface area contributed by atoms with Crippen molar-refractivity contribution in [2.75, 3.05) is 31.6 Å². The molecule has 2 fully saturated rings. The Hall–Kier alpha value is 0.270. The number of nitrogens with one attached hydrogen (secondary N) is 1. The number of thioether (sulfide) groups is 1. The van der Waals surface area contributed by atoms with Crippen molar-refractivity contribution in [2.45, 2.75) is 64.0 Å². The zero-order chi connectivity index (χ0) is 13.5. The number of likely N-dealkylation sites (tertiary alicyclic amines) is 1. The van der Waals surface area contributed by atoms with E-state index >= 15 is 0 Å². The standard InChI is InChI=1S/C16H32N2S/c1-14(9-12-19-2)17-13-15-7-10-18(11-8-15)16-5-3-4-6-16/h14-17H,3-13H2,1-2H3/t14-/m0/s1. The van der Waals surface area contributed by atoms with E-state index in [1.165, 1.54) is 70.3 Å². The van der Waals surface area contributed by atoms with Gasteiger partial charge < -0.3 is 10.2 Å². The fourth-order valence-electron chi connectivity index (χ4n) is 3.56. The Kier molecular flexibility index (Phi) is 7.03. The van der Waals surface area contributed by atoms with Gasteiger partial charge in [-0.15, -0.1) is 0 Å². The van der Waals surface area contributed by atoms with Crippen LogP contribution < -0.4 is 5.32 Å². The van der Waals surface area contributed by atoms with E-state index in [-0.39, 0.29) is 0 Å². The van der Waals surface area contributed by atoms with Crippen LogP contribution in [0.2, 0.25) is 0 Å². The predicted molar refractivity (Wildman–Crippen MR) is 87.0 cm³/mol. The van der Waals surface area contributed by atoms with E-state index in [1.54, 1.807) is 0 Å². The van der Waals surface area contributed by atoms with Crippen molar-refractivity contribution in [1.82, 2.24) is 10.2 Å². The highest BCUT2D eigenvalue weighted by Crippen LogP contribution is 2.27. The summed E-state index contributed by atoms with van der Waals surface area (Å²) < 4.78 is 0. The molecule has 0 amide bonds. The van der Waals surface area contributed by atoms with Gasteiger partial charge in [0.1, 0.15) is 0 Å². The third-order valence-corrected chi connectivity index (χ3v) is 5.64. The van der Waals surface area contributed by atoms with Crippen LogP contribution in [0, 0.1) is 5.92 Å². The summed E-state index contributed by atoms with van der Waals surface area (Å²) in [6, 6.07) is 1.63. The van der Waals surface area contributed by atoms with Crippen molar-refractivity contribution in [3.05, 3.63) is 0 Å². The van der Waals surface area contributed by atoms with Crippen LogP contribution in [0.5, 0.6) is 0 Å². The highest BCUT2D eigenvalue weighted by molar-refractivity contribution is 7.98. The summed E-state index contributed by atoms with van der Waals surface area (Å²) in [5.74, 6) is 2.21. The van der Waals surface area contributed by atoms with Crippen molar-refractivity contribution in [3.8, 4) is 0 Å². The molecule has 0 unspecified atom stereocenters. The largest absolute Gasteiger partial charge is 0.314 e. The highest BCUT2D eigenvalue weighted by Gasteiger charge is 2.26. The Morgan fingerprint density at radius 2 is 1.84 bits per heavy atom. The van der Waals surface area contributed by atoms with Crippen LogP contribution in [0.3, 0.4) is 0 Å². The van der Waals surface area contributed by atoms with Gasteiger partial charge in [-0.1, -0.05) is 12.8 Å². The Balaban J connectivity index is 1.58. The molecule has 1 heterocycles. The lowest BCUT2D eigenvalue weighted by Gasteiger charge is -2.36. The van der Waals surface area contributed by atoms with E-state index < -0.39 is 0 Å². The zero-order valence-electron chi connectivity index (χ0n) is 12.9. The minimum atomic E-state index is 0.695. The SMILES string of the molecule is CSCC[C@H](C)NCC1CCN(C2CCCC2)CC1. The lowest BCUT2D eigenvalue weighted by molar-refractivity contribution is 0.132. The van der Waals surface area contributed by atoms with E-state index in [0.717, 1.165) is 12.0 Å². The van der Waals surface area contributed by atoms with E-state index in [9.17, 15) is 0 Å². The minimum Gasteiger partial charge on any atom is -0.314 e. The molecule has 19 heavy (non-hydrogen) atoms. The van der Waals surface area contributed by atoms with Gasteiger partial charge in [0.2, 0.25) is 0 Å². The molecule has 1 aliphatic heterocycles.